The van der Waals surface area contributed by atoms with E-state index in [0.29, 0.717) is 0 Å². The maximum atomic E-state index is 4.20. The molecule has 3 nitrogen and oxygen atoms in total. The molecule has 1 fully saturated rings. The summed E-state index contributed by atoms with van der Waals surface area (Å²) in [5.41, 5.74) is 5.12. The maximum Gasteiger partial charge on any atom is 0.0418 e. The summed E-state index contributed by atoms with van der Waals surface area (Å²) in [6, 6.07) is 10.8. The molecule has 0 unspecified atom stereocenters. The average molecular weight is 281 g/mol. The zero-order chi connectivity index (χ0) is 14.5. The van der Waals surface area contributed by atoms with Crippen LogP contribution in [-0.2, 0) is 13.1 Å². The van der Waals surface area contributed by atoms with Crippen LogP contribution in [0.2, 0.25) is 0 Å². The van der Waals surface area contributed by atoms with E-state index in [2.05, 4.69) is 52.5 Å². The molecule has 1 aliphatic heterocycles. The van der Waals surface area contributed by atoms with Crippen molar-refractivity contribution in [3.63, 3.8) is 0 Å². The molecule has 0 amide bonds. The monoisotopic (exact) mass is 281 g/mol. The van der Waals surface area contributed by atoms with E-state index in [-0.39, 0.29) is 0 Å². The summed E-state index contributed by atoms with van der Waals surface area (Å²) < 4.78 is 0. The van der Waals surface area contributed by atoms with Crippen molar-refractivity contribution in [1.82, 2.24) is 9.88 Å². The predicted octanol–water partition coefficient (Wildman–Crippen LogP) is 3.60. The summed E-state index contributed by atoms with van der Waals surface area (Å²) in [5, 5.41) is 3.51. The van der Waals surface area contributed by atoms with Crippen molar-refractivity contribution in [2.24, 2.45) is 0 Å². The van der Waals surface area contributed by atoms with Gasteiger partial charge in [0.05, 0.1) is 0 Å². The Kier molecular flexibility index (Phi) is 4.51. The van der Waals surface area contributed by atoms with Crippen molar-refractivity contribution >= 4 is 5.69 Å². The average Bonchev–Trinajstić information content (AvgIpc) is 3.00. The number of rotatable bonds is 5. The molecule has 0 radical (unpaired) electrons. The summed E-state index contributed by atoms with van der Waals surface area (Å²) in [4.78, 5) is 6.73. The predicted molar refractivity (Wildman–Crippen MR) is 87.3 cm³/mol. The SMILES string of the molecule is Cc1ccncc1CNc1cccc(CN2CCCC2)c1. The molecule has 1 aliphatic rings. The number of hydrogen-bond donors (Lipinski definition) is 1. The first-order valence-electron chi connectivity index (χ1n) is 7.76. The van der Waals surface area contributed by atoms with Gasteiger partial charge in [0.1, 0.15) is 0 Å². The number of hydrogen-bond acceptors (Lipinski definition) is 3. The number of benzene rings is 1. The molecule has 1 aromatic heterocycles. The largest absolute Gasteiger partial charge is 0.381 e. The second kappa shape index (κ2) is 6.72. The quantitative estimate of drug-likeness (QED) is 0.907. The molecule has 0 spiro atoms. The van der Waals surface area contributed by atoms with Crippen LogP contribution in [0.15, 0.2) is 42.7 Å². The lowest BCUT2D eigenvalue weighted by Gasteiger charge is -2.15. The molecule has 0 saturated carbocycles. The van der Waals surface area contributed by atoms with Crippen LogP contribution >= 0.6 is 0 Å². The first-order valence-corrected chi connectivity index (χ1v) is 7.76. The van der Waals surface area contributed by atoms with Crippen molar-refractivity contribution < 1.29 is 0 Å². The minimum Gasteiger partial charge on any atom is -0.381 e. The van der Waals surface area contributed by atoms with Crippen molar-refractivity contribution in [3.05, 3.63) is 59.4 Å². The van der Waals surface area contributed by atoms with Crippen molar-refractivity contribution in [2.75, 3.05) is 18.4 Å². The van der Waals surface area contributed by atoms with Crippen LogP contribution in [0.5, 0.6) is 0 Å². The van der Waals surface area contributed by atoms with Gasteiger partial charge in [-0.15, -0.1) is 0 Å². The molecule has 2 heterocycles. The standard InChI is InChI=1S/C18H23N3/c1-15-7-8-19-12-17(15)13-20-18-6-4-5-16(11-18)14-21-9-2-3-10-21/h4-8,11-12,20H,2-3,9-10,13-14H2,1H3. The van der Waals surface area contributed by atoms with Crippen LogP contribution in [-0.4, -0.2) is 23.0 Å². The van der Waals surface area contributed by atoms with Crippen molar-refractivity contribution in [2.45, 2.75) is 32.9 Å². The number of aryl methyl sites for hydroxylation is 1. The van der Waals surface area contributed by atoms with Crippen LogP contribution in [0.3, 0.4) is 0 Å². The van der Waals surface area contributed by atoms with Gasteiger partial charge in [0, 0.05) is 31.2 Å². The van der Waals surface area contributed by atoms with Gasteiger partial charge in [0.15, 0.2) is 0 Å². The summed E-state index contributed by atoms with van der Waals surface area (Å²) in [6.45, 7) is 6.51. The van der Waals surface area contributed by atoms with Crippen LogP contribution in [0.1, 0.15) is 29.5 Å². The Balaban J connectivity index is 1.61. The molecule has 0 aliphatic carbocycles. The molecule has 3 rings (SSSR count). The fraction of sp³-hybridized carbons (Fsp3) is 0.389. The lowest BCUT2D eigenvalue weighted by molar-refractivity contribution is 0.331. The molecule has 21 heavy (non-hydrogen) atoms. The van der Waals surface area contributed by atoms with E-state index >= 15 is 0 Å². The fourth-order valence-corrected chi connectivity index (χ4v) is 2.86. The first-order chi connectivity index (χ1) is 10.3. The van der Waals surface area contributed by atoms with E-state index in [1.54, 1.807) is 0 Å². The van der Waals surface area contributed by atoms with Gasteiger partial charge in [-0.05, 0) is 67.7 Å². The zero-order valence-electron chi connectivity index (χ0n) is 12.7. The van der Waals surface area contributed by atoms with Crippen molar-refractivity contribution in [1.29, 1.82) is 0 Å². The molecule has 1 aromatic carbocycles. The molecular weight excluding hydrogens is 258 g/mol. The molecular formula is C18H23N3. The number of nitrogens with one attached hydrogen (secondary N) is 1. The Morgan fingerprint density at radius 2 is 2.05 bits per heavy atom. The summed E-state index contributed by atoms with van der Waals surface area (Å²) >= 11 is 0. The van der Waals surface area contributed by atoms with Gasteiger partial charge in [-0.2, -0.15) is 0 Å². The number of likely N-dealkylation sites (tertiary alicyclic amines) is 1. The van der Waals surface area contributed by atoms with E-state index in [9.17, 15) is 0 Å². The lowest BCUT2D eigenvalue weighted by Crippen LogP contribution is -2.18. The van der Waals surface area contributed by atoms with Crippen LogP contribution in [0.25, 0.3) is 0 Å². The third-order valence-corrected chi connectivity index (χ3v) is 4.16. The van der Waals surface area contributed by atoms with E-state index in [0.717, 1.165) is 13.1 Å². The number of aromatic nitrogens is 1. The highest BCUT2D eigenvalue weighted by atomic mass is 15.1. The first kappa shape index (κ1) is 14.1. The third-order valence-electron chi connectivity index (χ3n) is 4.16. The highest BCUT2D eigenvalue weighted by molar-refractivity contribution is 5.46. The number of pyridine rings is 1. The fourth-order valence-electron chi connectivity index (χ4n) is 2.86. The second-order valence-corrected chi connectivity index (χ2v) is 5.84. The molecule has 0 bridgehead atoms. The third kappa shape index (κ3) is 3.82. The van der Waals surface area contributed by atoms with Crippen LogP contribution < -0.4 is 5.32 Å². The van der Waals surface area contributed by atoms with Gasteiger partial charge < -0.3 is 5.32 Å². The van der Waals surface area contributed by atoms with E-state index in [1.807, 2.05) is 12.4 Å². The summed E-state index contributed by atoms with van der Waals surface area (Å²) in [7, 11) is 0. The Bertz CT molecular complexity index is 589. The van der Waals surface area contributed by atoms with Crippen LogP contribution in [0.4, 0.5) is 5.69 Å². The zero-order valence-corrected chi connectivity index (χ0v) is 12.7. The molecule has 2 aromatic rings. The van der Waals surface area contributed by atoms with Gasteiger partial charge in [-0.3, -0.25) is 9.88 Å². The van der Waals surface area contributed by atoms with Gasteiger partial charge in [-0.25, -0.2) is 0 Å². The Morgan fingerprint density at radius 3 is 2.86 bits per heavy atom. The Morgan fingerprint density at radius 1 is 1.19 bits per heavy atom. The minimum atomic E-state index is 0.826. The molecule has 0 atom stereocenters. The maximum absolute atomic E-state index is 4.20. The molecule has 3 heteroatoms. The highest BCUT2D eigenvalue weighted by Gasteiger charge is 2.11. The highest BCUT2D eigenvalue weighted by Crippen LogP contribution is 2.17. The van der Waals surface area contributed by atoms with E-state index in [4.69, 9.17) is 0 Å². The molecule has 1 saturated heterocycles. The number of anilines is 1. The topological polar surface area (TPSA) is 28.2 Å². The van der Waals surface area contributed by atoms with Crippen molar-refractivity contribution in [3.8, 4) is 0 Å². The molecule has 110 valence electrons. The Labute approximate surface area is 127 Å². The molecule has 1 N–H and O–H groups in total. The van der Waals surface area contributed by atoms with E-state index < -0.39 is 0 Å². The van der Waals surface area contributed by atoms with Gasteiger partial charge in [-0.1, -0.05) is 12.1 Å². The smallest absolute Gasteiger partial charge is 0.0418 e. The van der Waals surface area contributed by atoms with Gasteiger partial charge >= 0.3 is 0 Å². The summed E-state index contributed by atoms with van der Waals surface area (Å²) in [5.74, 6) is 0. The van der Waals surface area contributed by atoms with Gasteiger partial charge in [0.25, 0.3) is 0 Å². The van der Waals surface area contributed by atoms with E-state index in [1.165, 1.54) is 48.3 Å². The second-order valence-electron chi connectivity index (χ2n) is 5.84. The minimum absolute atomic E-state index is 0.826. The lowest BCUT2D eigenvalue weighted by atomic mass is 10.1. The van der Waals surface area contributed by atoms with Gasteiger partial charge in [0.2, 0.25) is 0 Å². The number of nitrogens with zero attached hydrogens (tertiary/aromatic N) is 2. The normalized spacial score (nSPS) is 15.3. The summed E-state index contributed by atoms with van der Waals surface area (Å²) in [6.07, 6.45) is 6.47. The Hall–Kier alpha value is -1.87. The van der Waals surface area contributed by atoms with Crippen LogP contribution in [0, 0.1) is 6.92 Å².